The van der Waals surface area contributed by atoms with Gasteiger partial charge in [0.1, 0.15) is 12.1 Å². The fourth-order valence-electron chi connectivity index (χ4n) is 1.70. The lowest BCUT2D eigenvalue weighted by Gasteiger charge is -2.25. The molecule has 0 spiro atoms. The third kappa shape index (κ3) is 0.929. The van der Waals surface area contributed by atoms with Crippen molar-refractivity contribution < 1.29 is 19.4 Å². The van der Waals surface area contributed by atoms with E-state index in [-0.39, 0.29) is 6.10 Å². The summed E-state index contributed by atoms with van der Waals surface area (Å²) >= 11 is 0. The number of hydrogen-bond donors (Lipinski definition) is 1. The molecule has 1 amide bonds. The van der Waals surface area contributed by atoms with Crippen molar-refractivity contribution in [3.05, 3.63) is 0 Å². The van der Waals surface area contributed by atoms with Crippen LogP contribution in [0.5, 0.6) is 0 Å². The summed E-state index contributed by atoms with van der Waals surface area (Å²) in [4.78, 5) is 22.9. The maximum absolute atomic E-state index is 11.0. The van der Waals surface area contributed by atoms with E-state index in [1.54, 1.807) is 0 Å². The number of piperidine rings is 1. The van der Waals surface area contributed by atoms with Crippen molar-refractivity contribution in [2.75, 3.05) is 6.54 Å². The van der Waals surface area contributed by atoms with Gasteiger partial charge in [0, 0.05) is 0 Å². The van der Waals surface area contributed by atoms with E-state index in [1.165, 1.54) is 4.90 Å². The molecule has 12 heavy (non-hydrogen) atoms. The Labute approximate surface area is 68.9 Å². The summed E-state index contributed by atoms with van der Waals surface area (Å²) < 4.78 is 4.89. The van der Waals surface area contributed by atoms with Crippen molar-refractivity contribution in [1.82, 2.24) is 4.90 Å². The van der Waals surface area contributed by atoms with E-state index < -0.39 is 18.1 Å². The molecule has 0 aromatic heterocycles. The predicted octanol–water partition coefficient (Wildman–Crippen LogP) is 0.0542. The van der Waals surface area contributed by atoms with Gasteiger partial charge in [0.05, 0.1) is 6.54 Å². The number of hydrogen-bond acceptors (Lipinski definition) is 3. The Morgan fingerprint density at radius 3 is 3.00 bits per heavy atom. The van der Waals surface area contributed by atoms with Crippen LogP contribution in [0.15, 0.2) is 0 Å². The van der Waals surface area contributed by atoms with Gasteiger partial charge in [-0.25, -0.2) is 9.59 Å². The van der Waals surface area contributed by atoms with Crippen LogP contribution in [0.1, 0.15) is 12.8 Å². The topological polar surface area (TPSA) is 66.8 Å². The van der Waals surface area contributed by atoms with Crippen LogP contribution in [-0.4, -0.2) is 40.8 Å². The first kappa shape index (κ1) is 7.39. The van der Waals surface area contributed by atoms with Gasteiger partial charge in [0.25, 0.3) is 0 Å². The van der Waals surface area contributed by atoms with Crippen molar-refractivity contribution >= 4 is 12.1 Å². The second-order valence-corrected chi connectivity index (χ2v) is 3.09. The zero-order valence-corrected chi connectivity index (χ0v) is 6.40. The number of carboxylic acid groups (broad SMARTS) is 1. The van der Waals surface area contributed by atoms with Crippen LogP contribution < -0.4 is 0 Å². The molecule has 0 radical (unpaired) electrons. The molecular weight excluding hydrogens is 162 g/mol. The average Bonchev–Trinajstić information content (AvgIpc) is 2.28. The van der Waals surface area contributed by atoms with E-state index in [4.69, 9.17) is 9.84 Å². The van der Waals surface area contributed by atoms with Gasteiger partial charge in [-0.1, -0.05) is 0 Å². The van der Waals surface area contributed by atoms with Crippen LogP contribution in [0.3, 0.4) is 0 Å². The summed E-state index contributed by atoms with van der Waals surface area (Å²) in [5, 5.41) is 8.73. The highest BCUT2D eigenvalue weighted by Gasteiger charge is 2.43. The van der Waals surface area contributed by atoms with Crippen LogP contribution >= 0.6 is 0 Å². The van der Waals surface area contributed by atoms with Crippen molar-refractivity contribution in [2.45, 2.75) is 25.0 Å². The number of rotatable bonds is 1. The van der Waals surface area contributed by atoms with E-state index in [2.05, 4.69) is 0 Å². The summed E-state index contributed by atoms with van der Waals surface area (Å²) in [6, 6.07) is -0.670. The van der Waals surface area contributed by atoms with E-state index >= 15 is 0 Å². The van der Waals surface area contributed by atoms with E-state index in [0.717, 1.165) is 0 Å². The normalized spacial score (nSPS) is 33.3. The maximum Gasteiger partial charge on any atom is 0.410 e. The highest BCUT2D eigenvalue weighted by molar-refractivity contribution is 5.81. The summed E-state index contributed by atoms with van der Waals surface area (Å²) in [7, 11) is 0. The first-order valence-electron chi connectivity index (χ1n) is 3.88. The molecule has 66 valence electrons. The summed E-state index contributed by atoms with van der Waals surface area (Å²) in [6.45, 7) is 0.440. The Balaban J connectivity index is 2.18. The second-order valence-electron chi connectivity index (χ2n) is 3.09. The molecule has 5 nitrogen and oxygen atoms in total. The molecule has 2 aliphatic heterocycles. The third-order valence-electron chi connectivity index (χ3n) is 2.33. The molecular formula is C7H9NO4. The number of fused-ring (bicyclic) bond motifs is 2. The van der Waals surface area contributed by atoms with Crippen molar-refractivity contribution in [3.8, 4) is 0 Å². The predicted molar refractivity (Wildman–Crippen MR) is 37.6 cm³/mol. The zero-order valence-electron chi connectivity index (χ0n) is 6.40. The minimum atomic E-state index is -0.938. The fourth-order valence-corrected chi connectivity index (χ4v) is 1.70. The Morgan fingerprint density at radius 2 is 2.33 bits per heavy atom. The fraction of sp³-hybridized carbons (Fsp3) is 0.714. The average molecular weight is 171 g/mol. The molecule has 0 unspecified atom stereocenters. The molecule has 2 aliphatic rings. The minimum absolute atomic E-state index is 0.0758. The van der Waals surface area contributed by atoms with Gasteiger partial charge in [-0.05, 0) is 12.8 Å². The molecule has 0 saturated carbocycles. The smallest absolute Gasteiger partial charge is 0.410 e. The van der Waals surface area contributed by atoms with Gasteiger partial charge >= 0.3 is 12.1 Å². The number of carbonyl (C=O) groups excluding carboxylic acids is 1. The summed E-state index contributed by atoms with van der Waals surface area (Å²) in [6.07, 6.45) is 0.614. The number of nitrogens with zero attached hydrogens (tertiary/aromatic N) is 1. The van der Waals surface area contributed by atoms with Crippen LogP contribution in [0.2, 0.25) is 0 Å². The lowest BCUT2D eigenvalue weighted by molar-refractivity contribution is -0.142. The van der Waals surface area contributed by atoms with Crippen molar-refractivity contribution in [1.29, 1.82) is 0 Å². The van der Waals surface area contributed by atoms with Crippen molar-refractivity contribution in [2.24, 2.45) is 0 Å². The number of ether oxygens (including phenoxy) is 1. The Bertz CT molecular complexity index is 240. The van der Waals surface area contributed by atoms with Crippen LogP contribution in [0.4, 0.5) is 4.79 Å². The SMILES string of the molecule is O=C(O)[C@H]1CC[C@H]2CN1C(=O)O2. The van der Waals surface area contributed by atoms with Gasteiger partial charge < -0.3 is 9.84 Å². The van der Waals surface area contributed by atoms with Gasteiger partial charge in [-0.15, -0.1) is 0 Å². The molecule has 2 heterocycles. The maximum atomic E-state index is 11.0. The molecule has 2 rings (SSSR count). The number of aliphatic carboxylic acids is 1. The molecule has 2 bridgehead atoms. The summed E-state index contributed by atoms with van der Waals surface area (Å²) in [5.74, 6) is -0.938. The third-order valence-corrected chi connectivity index (χ3v) is 2.33. The quantitative estimate of drug-likeness (QED) is 0.605. The van der Waals surface area contributed by atoms with Gasteiger partial charge in [-0.2, -0.15) is 0 Å². The Hall–Kier alpha value is -1.26. The van der Waals surface area contributed by atoms with Crippen LogP contribution in [0, 0.1) is 0 Å². The van der Waals surface area contributed by atoms with Crippen LogP contribution in [0.25, 0.3) is 0 Å². The molecule has 1 N–H and O–H groups in total. The highest BCUT2D eigenvalue weighted by atomic mass is 16.6. The Morgan fingerprint density at radius 1 is 1.58 bits per heavy atom. The molecule has 0 aromatic rings. The van der Waals surface area contributed by atoms with E-state index in [0.29, 0.717) is 19.4 Å². The number of carboxylic acids is 1. The first-order chi connectivity index (χ1) is 5.68. The van der Waals surface area contributed by atoms with E-state index in [1.807, 2.05) is 0 Å². The molecule has 5 heteroatoms. The number of amides is 1. The molecule has 0 aromatic carbocycles. The summed E-state index contributed by atoms with van der Waals surface area (Å²) in [5.41, 5.74) is 0. The molecule has 2 atom stereocenters. The minimum Gasteiger partial charge on any atom is -0.480 e. The Kier molecular flexibility index (Phi) is 1.46. The molecule has 2 fully saturated rings. The van der Waals surface area contributed by atoms with Crippen LogP contribution in [-0.2, 0) is 9.53 Å². The molecule has 2 saturated heterocycles. The monoisotopic (exact) mass is 171 g/mol. The van der Waals surface area contributed by atoms with E-state index in [9.17, 15) is 9.59 Å². The highest BCUT2D eigenvalue weighted by Crippen LogP contribution is 2.26. The lowest BCUT2D eigenvalue weighted by atomic mass is 10.0. The largest absolute Gasteiger partial charge is 0.480 e. The molecule has 0 aliphatic carbocycles. The first-order valence-corrected chi connectivity index (χ1v) is 3.88. The van der Waals surface area contributed by atoms with Crippen molar-refractivity contribution in [3.63, 3.8) is 0 Å². The second kappa shape index (κ2) is 2.36. The zero-order chi connectivity index (χ0) is 8.72. The number of carbonyl (C=O) groups is 2. The lowest BCUT2D eigenvalue weighted by Crippen LogP contribution is -2.44. The van der Waals surface area contributed by atoms with Gasteiger partial charge in [0.15, 0.2) is 0 Å². The van der Waals surface area contributed by atoms with Gasteiger partial charge in [0.2, 0.25) is 0 Å². The van der Waals surface area contributed by atoms with Gasteiger partial charge in [-0.3, -0.25) is 4.90 Å². The standard InChI is InChI=1S/C7H9NO4/c9-6(10)5-2-1-4-3-8(5)7(11)12-4/h4-5H,1-3H2,(H,9,10)/t4-,5+/m0/s1.